The van der Waals surface area contributed by atoms with Gasteiger partial charge in [0.05, 0.1) is 0 Å². The van der Waals surface area contributed by atoms with Crippen molar-refractivity contribution in [3.63, 3.8) is 0 Å². The van der Waals surface area contributed by atoms with Gasteiger partial charge >= 0.3 is 0 Å². The lowest BCUT2D eigenvalue weighted by atomic mass is 10.0. The third-order valence-electron chi connectivity index (χ3n) is 2.24. The van der Waals surface area contributed by atoms with Crippen molar-refractivity contribution >= 4 is 0 Å². The third-order valence-corrected chi connectivity index (χ3v) is 2.24. The van der Waals surface area contributed by atoms with Crippen LogP contribution in [-0.2, 0) is 0 Å². The first-order valence-electron chi connectivity index (χ1n) is 4.89. The number of phenols is 1. The number of benzene rings is 1. The predicted molar refractivity (Wildman–Crippen MR) is 56.0 cm³/mol. The maximum absolute atomic E-state index is 9.08. The molecule has 4 N–H and O–H groups in total. The molecule has 0 aliphatic rings. The fourth-order valence-electron chi connectivity index (χ4n) is 1.36. The fraction of sp³-hybridized carbons (Fsp3) is 0.455. The van der Waals surface area contributed by atoms with Crippen molar-refractivity contribution in [3.05, 3.63) is 29.8 Å². The van der Waals surface area contributed by atoms with Crippen LogP contribution in [0.3, 0.4) is 0 Å². The van der Waals surface area contributed by atoms with Crippen molar-refractivity contribution in [2.24, 2.45) is 5.73 Å². The Kier molecular flexibility index (Phi) is 4.43. The van der Waals surface area contributed by atoms with E-state index >= 15 is 0 Å². The maximum Gasteiger partial charge on any atom is 0.115 e. The first-order chi connectivity index (χ1) is 6.74. The Labute approximate surface area is 84.2 Å². The molecule has 0 spiro atoms. The van der Waals surface area contributed by atoms with Gasteiger partial charge in [-0.15, -0.1) is 0 Å². The monoisotopic (exact) mass is 195 g/mol. The normalized spacial score (nSPS) is 12.7. The summed E-state index contributed by atoms with van der Waals surface area (Å²) in [5.41, 5.74) is 6.95. The highest BCUT2D eigenvalue weighted by molar-refractivity contribution is 5.27. The summed E-state index contributed by atoms with van der Waals surface area (Å²) >= 11 is 0. The second kappa shape index (κ2) is 5.62. The molecular formula is C11H17NO2. The number of unbranched alkanes of at least 4 members (excludes halogenated alkanes) is 1. The molecule has 0 aromatic heterocycles. The van der Waals surface area contributed by atoms with Gasteiger partial charge in [0.15, 0.2) is 0 Å². The van der Waals surface area contributed by atoms with E-state index in [1.165, 1.54) is 0 Å². The maximum atomic E-state index is 9.08. The van der Waals surface area contributed by atoms with E-state index in [-0.39, 0.29) is 18.4 Å². The number of aliphatic hydroxyl groups is 1. The summed E-state index contributed by atoms with van der Waals surface area (Å²) in [4.78, 5) is 0. The van der Waals surface area contributed by atoms with Gasteiger partial charge in [0.1, 0.15) is 5.75 Å². The lowest BCUT2D eigenvalue weighted by Crippen LogP contribution is -2.09. The molecule has 3 nitrogen and oxygen atoms in total. The quantitative estimate of drug-likeness (QED) is 0.624. The zero-order valence-corrected chi connectivity index (χ0v) is 8.19. The van der Waals surface area contributed by atoms with Crippen LogP contribution < -0.4 is 5.73 Å². The van der Waals surface area contributed by atoms with E-state index < -0.39 is 0 Å². The summed E-state index contributed by atoms with van der Waals surface area (Å²) in [6.45, 7) is 0.225. The molecule has 0 aliphatic heterocycles. The first-order valence-corrected chi connectivity index (χ1v) is 4.89. The summed E-state index contributed by atoms with van der Waals surface area (Å²) in [6, 6.07) is 6.95. The van der Waals surface area contributed by atoms with Crippen molar-refractivity contribution in [1.82, 2.24) is 0 Å². The Hall–Kier alpha value is -1.06. The Morgan fingerprint density at radius 1 is 1.14 bits per heavy atom. The number of hydrogen-bond donors (Lipinski definition) is 3. The second-order valence-corrected chi connectivity index (χ2v) is 3.42. The Balaban J connectivity index is 2.43. The Morgan fingerprint density at radius 3 is 2.36 bits per heavy atom. The molecule has 0 fully saturated rings. The summed E-state index contributed by atoms with van der Waals surface area (Å²) in [6.07, 6.45) is 2.59. The van der Waals surface area contributed by atoms with Crippen LogP contribution in [0.4, 0.5) is 0 Å². The molecule has 1 atom stereocenters. The molecule has 0 amide bonds. The van der Waals surface area contributed by atoms with Crippen molar-refractivity contribution in [3.8, 4) is 5.75 Å². The van der Waals surface area contributed by atoms with E-state index in [1.807, 2.05) is 12.1 Å². The van der Waals surface area contributed by atoms with Crippen LogP contribution in [0, 0.1) is 0 Å². The molecule has 0 radical (unpaired) electrons. The number of aromatic hydroxyl groups is 1. The highest BCUT2D eigenvalue weighted by Gasteiger charge is 2.04. The van der Waals surface area contributed by atoms with Crippen LogP contribution in [0.25, 0.3) is 0 Å². The van der Waals surface area contributed by atoms with Gasteiger partial charge in [-0.05, 0) is 37.0 Å². The van der Waals surface area contributed by atoms with Crippen LogP contribution in [0.1, 0.15) is 30.9 Å². The number of nitrogens with two attached hydrogens (primary N) is 1. The molecule has 0 aliphatic carbocycles. The van der Waals surface area contributed by atoms with Crippen LogP contribution in [0.5, 0.6) is 5.75 Å². The zero-order valence-electron chi connectivity index (χ0n) is 8.19. The summed E-state index contributed by atoms with van der Waals surface area (Å²) in [7, 11) is 0. The van der Waals surface area contributed by atoms with Crippen molar-refractivity contribution < 1.29 is 10.2 Å². The van der Waals surface area contributed by atoms with Gasteiger partial charge in [-0.2, -0.15) is 0 Å². The number of hydrogen-bond acceptors (Lipinski definition) is 3. The van der Waals surface area contributed by atoms with E-state index in [9.17, 15) is 0 Å². The molecule has 0 heterocycles. The zero-order chi connectivity index (χ0) is 10.4. The van der Waals surface area contributed by atoms with Crippen molar-refractivity contribution in [2.75, 3.05) is 6.61 Å². The molecule has 0 saturated carbocycles. The summed E-state index contributed by atoms with van der Waals surface area (Å²) in [5.74, 6) is 0.260. The average molecular weight is 195 g/mol. The minimum atomic E-state index is 0.00199. The van der Waals surface area contributed by atoms with Gasteiger partial charge < -0.3 is 15.9 Å². The molecule has 0 unspecified atom stereocenters. The molecule has 1 rings (SSSR count). The van der Waals surface area contributed by atoms with E-state index in [0.717, 1.165) is 24.8 Å². The molecule has 1 aromatic rings. The fourth-order valence-corrected chi connectivity index (χ4v) is 1.36. The molecule has 1 aromatic carbocycles. The predicted octanol–water partition coefficient (Wildman–Crippen LogP) is 1.55. The summed E-state index contributed by atoms with van der Waals surface area (Å²) in [5, 5.41) is 17.7. The SMILES string of the molecule is N[C@H](CCCCO)c1ccc(O)cc1. The van der Waals surface area contributed by atoms with E-state index in [4.69, 9.17) is 15.9 Å². The Morgan fingerprint density at radius 2 is 1.79 bits per heavy atom. The van der Waals surface area contributed by atoms with E-state index in [1.54, 1.807) is 12.1 Å². The van der Waals surface area contributed by atoms with Crippen LogP contribution in [0.2, 0.25) is 0 Å². The summed E-state index contributed by atoms with van der Waals surface area (Å²) < 4.78 is 0. The molecule has 0 bridgehead atoms. The van der Waals surface area contributed by atoms with Crippen LogP contribution >= 0.6 is 0 Å². The molecule has 0 saturated heterocycles. The van der Waals surface area contributed by atoms with Gasteiger partial charge in [-0.3, -0.25) is 0 Å². The molecule has 3 heteroatoms. The van der Waals surface area contributed by atoms with Gasteiger partial charge in [-0.25, -0.2) is 0 Å². The standard InChI is InChI=1S/C11H17NO2/c12-11(3-1-2-8-13)9-4-6-10(14)7-5-9/h4-7,11,13-14H,1-3,8,12H2/t11-/m1/s1. The van der Waals surface area contributed by atoms with Gasteiger partial charge in [0.2, 0.25) is 0 Å². The van der Waals surface area contributed by atoms with Gasteiger partial charge in [0.25, 0.3) is 0 Å². The van der Waals surface area contributed by atoms with Crippen LogP contribution in [-0.4, -0.2) is 16.8 Å². The Bertz CT molecular complexity index is 258. The third kappa shape index (κ3) is 3.36. The second-order valence-electron chi connectivity index (χ2n) is 3.42. The molecule has 78 valence electrons. The number of rotatable bonds is 5. The average Bonchev–Trinajstić information content (AvgIpc) is 2.19. The number of aliphatic hydroxyl groups excluding tert-OH is 1. The van der Waals surface area contributed by atoms with Gasteiger partial charge in [0, 0.05) is 12.6 Å². The van der Waals surface area contributed by atoms with Crippen molar-refractivity contribution in [2.45, 2.75) is 25.3 Å². The lowest BCUT2D eigenvalue weighted by Gasteiger charge is -2.11. The van der Waals surface area contributed by atoms with Crippen LogP contribution in [0.15, 0.2) is 24.3 Å². The topological polar surface area (TPSA) is 66.5 Å². The highest BCUT2D eigenvalue weighted by atomic mass is 16.3. The molecular weight excluding hydrogens is 178 g/mol. The van der Waals surface area contributed by atoms with E-state index in [0.29, 0.717) is 0 Å². The molecule has 14 heavy (non-hydrogen) atoms. The van der Waals surface area contributed by atoms with E-state index in [2.05, 4.69) is 0 Å². The van der Waals surface area contributed by atoms with Gasteiger partial charge in [-0.1, -0.05) is 12.1 Å². The highest BCUT2D eigenvalue weighted by Crippen LogP contribution is 2.19. The largest absolute Gasteiger partial charge is 0.508 e. The first kappa shape index (κ1) is 11.0. The minimum absolute atomic E-state index is 0.00199. The number of phenolic OH excluding ortho intramolecular Hbond substituents is 1. The minimum Gasteiger partial charge on any atom is -0.508 e. The van der Waals surface area contributed by atoms with Crippen molar-refractivity contribution in [1.29, 1.82) is 0 Å². The smallest absolute Gasteiger partial charge is 0.115 e. The lowest BCUT2D eigenvalue weighted by molar-refractivity contribution is 0.281.